The lowest BCUT2D eigenvalue weighted by Gasteiger charge is -2.31. The molecule has 1 saturated heterocycles. The van der Waals surface area contributed by atoms with E-state index in [1.165, 1.54) is 18.4 Å². The SMILES string of the molecule is CCOc1cc(N2CCOCC2)c(OCC)cc1NC(=O)CNC(=O)/C=C\c1ccco1. The van der Waals surface area contributed by atoms with Gasteiger partial charge in [0.1, 0.15) is 17.3 Å². The van der Waals surface area contributed by atoms with Gasteiger partial charge in [-0.3, -0.25) is 9.59 Å². The molecule has 0 spiro atoms. The molecule has 1 aliphatic rings. The lowest BCUT2D eigenvalue weighted by Crippen LogP contribution is -2.36. The molecule has 0 unspecified atom stereocenters. The minimum absolute atomic E-state index is 0.192. The Morgan fingerprint density at radius 3 is 2.56 bits per heavy atom. The van der Waals surface area contributed by atoms with Gasteiger partial charge in [-0.25, -0.2) is 0 Å². The van der Waals surface area contributed by atoms with Crippen LogP contribution in [0, 0.1) is 0 Å². The van der Waals surface area contributed by atoms with E-state index >= 15 is 0 Å². The maximum absolute atomic E-state index is 12.5. The number of rotatable bonds is 10. The van der Waals surface area contributed by atoms with E-state index < -0.39 is 5.91 Å². The minimum atomic E-state index is -0.403. The second kappa shape index (κ2) is 11.8. The highest BCUT2D eigenvalue weighted by atomic mass is 16.5. The van der Waals surface area contributed by atoms with Crippen molar-refractivity contribution >= 4 is 29.3 Å². The molecule has 1 aromatic heterocycles. The number of carbonyl (C=O) groups excluding carboxylic acids is 2. The first-order chi connectivity index (χ1) is 15.6. The smallest absolute Gasteiger partial charge is 0.244 e. The van der Waals surface area contributed by atoms with E-state index in [9.17, 15) is 9.59 Å². The largest absolute Gasteiger partial charge is 0.492 e. The Morgan fingerprint density at radius 1 is 1.12 bits per heavy atom. The number of ether oxygens (including phenoxy) is 3. The van der Waals surface area contributed by atoms with Crippen molar-refractivity contribution in [1.82, 2.24) is 5.32 Å². The molecule has 0 radical (unpaired) electrons. The maximum Gasteiger partial charge on any atom is 0.244 e. The number of amides is 2. The molecule has 1 aromatic carbocycles. The molecule has 2 heterocycles. The predicted molar refractivity (Wildman–Crippen MR) is 121 cm³/mol. The number of hydrogen-bond acceptors (Lipinski definition) is 7. The van der Waals surface area contributed by atoms with Gasteiger partial charge in [0, 0.05) is 31.3 Å². The second-order valence-corrected chi connectivity index (χ2v) is 6.90. The summed E-state index contributed by atoms with van der Waals surface area (Å²) in [6, 6.07) is 7.08. The molecular weight excluding hydrogens is 414 g/mol. The third kappa shape index (κ3) is 6.52. The topological polar surface area (TPSA) is 102 Å². The average molecular weight is 444 g/mol. The quantitative estimate of drug-likeness (QED) is 0.544. The summed E-state index contributed by atoms with van der Waals surface area (Å²) >= 11 is 0. The Hall–Kier alpha value is -3.46. The third-order valence-electron chi connectivity index (χ3n) is 4.65. The van der Waals surface area contributed by atoms with Crippen molar-refractivity contribution in [2.45, 2.75) is 13.8 Å². The molecule has 3 rings (SSSR count). The fourth-order valence-corrected chi connectivity index (χ4v) is 3.21. The van der Waals surface area contributed by atoms with Crippen LogP contribution in [0.1, 0.15) is 19.6 Å². The number of hydrogen-bond donors (Lipinski definition) is 2. The van der Waals surface area contributed by atoms with Crippen LogP contribution in [-0.4, -0.2) is 57.9 Å². The van der Waals surface area contributed by atoms with Crippen LogP contribution in [-0.2, 0) is 14.3 Å². The molecule has 0 atom stereocenters. The van der Waals surface area contributed by atoms with E-state index in [0.29, 0.717) is 49.4 Å². The van der Waals surface area contributed by atoms with Gasteiger partial charge < -0.3 is 34.2 Å². The van der Waals surface area contributed by atoms with Gasteiger partial charge in [-0.15, -0.1) is 0 Å². The molecule has 1 fully saturated rings. The van der Waals surface area contributed by atoms with Crippen LogP contribution in [0.15, 0.2) is 41.0 Å². The number of benzene rings is 1. The van der Waals surface area contributed by atoms with Gasteiger partial charge in [-0.1, -0.05) is 0 Å². The lowest BCUT2D eigenvalue weighted by atomic mass is 10.2. The summed E-state index contributed by atoms with van der Waals surface area (Å²) in [5, 5.41) is 5.35. The number of carbonyl (C=O) groups is 2. The van der Waals surface area contributed by atoms with Crippen LogP contribution in [0.5, 0.6) is 11.5 Å². The molecule has 9 nitrogen and oxygen atoms in total. The van der Waals surface area contributed by atoms with Crippen LogP contribution in [0.4, 0.5) is 11.4 Å². The maximum atomic E-state index is 12.5. The van der Waals surface area contributed by atoms with E-state index in [1.807, 2.05) is 19.9 Å². The summed E-state index contributed by atoms with van der Waals surface area (Å²) in [6.45, 7) is 7.28. The van der Waals surface area contributed by atoms with Crippen molar-refractivity contribution in [2.24, 2.45) is 0 Å². The van der Waals surface area contributed by atoms with E-state index in [0.717, 1.165) is 18.8 Å². The monoisotopic (exact) mass is 443 g/mol. The molecule has 1 aliphatic heterocycles. The first-order valence-corrected chi connectivity index (χ1v) is 10.7. The highest BCUT2D eigenvalue weighted by molar-refractivity contribution is 5.99. The van der Waals surface area contributed by atoms with Gasteiger partial charge in [0.25, 0.3) is 0 Å². The molecule has 2 amide bonds. The zero-order valence-electron chi connectivity index (χ0n) is 18.4. The summed E-state index contributed by atoms with van der Waals surface area (Å²) in [5.74, 6) is 0.953. The summed E-state index contributed by atoms with van der Waals surface area (Å²) in [6.07, 6.45) is 4.35. The first-order valence-electron chi connectivity index (χ1n) is 10.7. The van der Waals surface area contributed by atoms with E-state index in [1.54, 1.807) is 18.2 Å². The van der Waals surface area contributed by atoms with Crippen molar-refractivity contribution < 1.29 is 28.2 Å². The Morgan fingerprint density at radius 2 is 1.88 bits per heavy atom. The lowest BCUT2D eigenvalue weighted by molar-refractivity contribution is -0.121. The standard InChI is InChI=1S/C23H29N3O6/c1-3-30-20-15-19(26-9-12-29-13-10-26)21(31-4-2)14-18(20)25-23(28)16-24-22(27)8-7-17-6-5-11-32-17/h5-8,11,14-15H,3-4,9-10,12-13,16H2,1-2H3,(H,24,27)(H,25,28)/b8-7-. The highest BCUT2D eigenvalue weighted by Crippen LogP contribution is 2.39. The summed E-state index contributed by atoms with van der Waals surface area (Å²) in [4.78, 5) is 26.6. The van der Waals surface area contributed by atoms with Gasteiger partial charge in [-0.2, -0.15) is 0 Å². The molecule has 0 bridgehead atoms. The van der Waals surface area contributed by atoms with E-state index in [-0.39, 0.29) is 12.5 Å². The molecule has 9 heteroatoms. The van der Waals surface area contributed by atoms with Crippen molar-refractivity contribution in [3.8, 4) is 11.5 Å². The molecule has 2 aromatic rings. The number of morpholine rings is 1. The number of anilines is 2. The Balaban J connectivity index is 1.68. The molecule has 2 N–H and O–H groups in total. The van der Waals surface area contributed by atoms with Crippen LogP contribution in [0.3, 0.4) is 0 Å². The molecule has 32 heavy (non-hydrogen) atoms. The van der Waals surface area contributed by atoms with Crippen LogP contribution in [0.25, 0.3) is 6.08 Å². The van der Waals surface area contributed by atoms with Gasteiger partial charge >= 0.3 is 0 Å². The summed E-state index contributed by atoms with van der Waals surface area (Å²) < 4.78 is 22.2. The Bertz CT molecular complexity index is 920. The second-order valence-electron chi connectivity index (χ2n) is 6.90. The van der Waals surface area contributed by atoms with Gasteiger partial charge in [0.05, 0.1) is 50.6 Å². The Kier molecular flexibility index (Phi) is 8.56. The van der Waals surface area contributed by atoms with Crippen molar-refractivity contribution in [1.29, 1.82) is 0 Å². The Labute approximate surface area is 187 Å². The average Bonchev–Trinajstić information content (AvgIpc) is 3.32. The predicted octanol–water partition coefficient (Wildman–Crippen LogP) is 2.68. The van der Waals surface area contributed by atoms with Crippen LogP contribution in [0.2, 0.25) is 0 Å². The minimum Gasteiger partial charge on any atom is -0.492 e. The van der Waals surface area contributed by atoms with E-state index in [4.69, 9.17) is 18.6 Å². The van der Waals surface area contributed by atoms with Crippen molar-refractivity contribution in [3.63, 3.8) is 0 Å². The summed E-state index contributed by atoms with van der Waals surface area (Å²) in [7, 11) is 0. The zero-order valence-corrected chi connectivity index (χ0v) is 18.4. The molecule has 0 aliphatic carbocycles. The normalized spacial score (nSPS) is 13.8. The van der Waals surface area contributed by atoms with Crippen LogP contribution < -0.4 is 25.0 Å². The summed E-state index contributed by atoms with van der Waals surface area (Å²) in [5.41, 5.74) is 1.38. The van der Waals surface area contributed by atoms with Gasteiger partial charge in [0.2, 0.25) is 11.8 Å². The van der Waals surface area contributed by atoms with Gasteiger partial charge in [-0.05, 0) is 32.1 Å². The first kappa shape index (κ1) is 23.2. The number of nitrogens with zero attached hydrogens (tertiary/aromatic N) is 1. The van der Waals surface area contributed by atoms with Crippen LogP contribution >= 0.6 is 0 Å². The molecule has 172 valence electrons. The molecule has 0 saturated carbocycles. The fourth-order valence-electron chi connectivity index (χ4n) is 3.21. The van der Waals surface area contributed by atoms with Crippen molar-refractivity contribution in [2.75, 3.05) is 56.3 Å². The van der Waals surface area contributed by atoms with Crippen molar-refractivity contribution in [3.05, 3.63) is 42.4 Å². The third-order valence-corrected chi connectivity index (χ3v) is 4.65. The number of furan rings is 1. The number of nitrogens with one attached hydrogen (secondary N) is 2. The zero-order chi connectivity index (χ0) is 22.8. The fraction of sp³-hybridized carbons (Fsp3) is 0.391. The molecular formula is C23H29N3O6. The van der Waals surface area contributed by atoms with Gasteiger partial charge in [0.15, 0.2) is 0 Å². The van der Waals surface area contributed by atoms with E-state index in [2.05, 4.69) is 15.5 Å². The highest BCUT2D eigenvalue weighted by Gasteiger charge is 2.20.